The van der Waals surface area contributed by atoms with Crippen LogP contribution in [0, 0.1) is 0 Å². The fourth-order valence-corrected chi connectivity index (χ4v) is 2.24. The minimum absolute atomic E-state index is 0.152. The van der Waals surface area contributed by atoms with Crippen molar-refractivity contribution in [3.05, 3.63) is 28.8 Å². The van der Waals surface area contributed by atoms with E-state index in [0.29, 0.717) is 11.1 Å². The number of halogens is 1. The van der Waals surface area contributed by atoms with Gasteiger partial charge in [-0.25, -0.2) is 0 Å². The van der Waals surface area contributed by atoms with Gasteiger partial charge in [-0.3, -0.25) is 4.79 Å². The molecule has 0 radical (unpaired) electrons. The maximum Gasteiger partial charge on any atom is 0.236 e. The van der Waals surface area contributed by atoms with Gasteiger partial charge in [-0.05, 0) is 31.5 Å². The lowest BCUT2D eigenvalue weighted by molar-refractivity contribution is -0.116. The fourth-order valence-electron chi connectivity index (χ4n) is 1.93. The number of rotatable bonds is 7. The van der Waals surface area contributed by atoms with Crippen LogP contribution in [0.2, 0.25) is 5.02 Å². The van der Waals surface area contributed by atoms with E-state index in [0.717, 1.165) is 17.8 Å². The predicted octanol–water partition coefficient (Wildman–Crippen LogP) is 2.54. The van der Waals surface area contributed by atoms with Crippen molar-refractivity contribution in [2.24, 2.45) is 5.73 Å². The van der Waals surface area contributed by atoms with Crippen molar-refractivity contribution in [3.63, 3.8) is 0 Å². The molecule has 0 spiro atoms. The zero-order valence-corrected chi connectivity index (χ0v) is 13.4. The summed E-state index contributed by atoms with van der Waals surface area (Å²) in [4.78, 5) is 13.1. The molecule has 0 bridgehead atoms. The third-order valence-electron chi connectivity index (χ3n) is 2.99. The second-order valence-electron chi connectivity index (χ2n) is 5.51. The molecule has 0 saturated carbocycles. The molecule has 0 aliphatic heterocycles. The van der Waals surface area contributed by atoms with E-state index in [2.05, 4.69) is 19.2 Å². The summed E-state index contributed by atoms with van der Waals surface area (Å²) in [5.74, 6) is -0.361. The molecule has 112 valence electrons. The van der Waals surface area contributed by atoms with Crippen molar-refractivity contribution in [1.29, 1.82) is 0 Å². The van der Waals surface area contributed by atoms with Crippen molar-refractivity contribution in [2.75, 3.05) is 11.4 Å². The SMILES string of the molecule is CC(C)NCc1ccc(N(CC(N)=O)C(C)C)c(Cl)c1. The first-order valence-corrected chi connectivity index (χ1v) is 7.25. The Bertz CT molecular complexity index is 460. The first-order chi connectivity index (χ1) is 9.31. The van der Waals surface area contributed by atoms with Crippen LogP contribution < -0.4 is 16.0 Å². The Kier molecular flexibility index (Phi) is 6.30. The standard InChI is InChI=1S/C15H24ClN3O/c1-10(2)18-8-12-5-6-14(13(16)7-12)19(11(3)4)9-15(17)20/h5-7,10-11,18H,8-9H2,1-4H3,(H2,17,20). The van der Waals surface area contributed by atoms with Gasteiger partial charge in [0.15, 0.2) is 0 Å². The van der Waals surface area contributed by atoms with Crippen molar-refractivity contribution in [3.8, 4) is 0 Å². The minimum Gasteiger partial charge on any atom is -0.368 e. The average molecular weight is 298 g/mol. The fraction of sp³-hybridized carbons (Fsp3) is 0.533. The summed E-state index contributed by atoms with van der Waals surface area (Å²) < 4.78 is 0. The number of nitrogens with one attached hydrogen (secondary N) is 1. The maximum absolute atomic E-state index is 11.2. The van der Waals surface area contributed by atoms with Gasteiger partial charge in [0, 0.05) is 18.6 Å². The molecule has 0 aliphatic rings. The van der Waals surface area contributed by atoms with Crippen LogP contribution in [0.1, 0.15) is 33.3 Å². The largest absolute Gasteiger partial charge is 0.368 e. The first-order valence-electron chi connectivity index (χ1n) is 6.88. The molecule has 0 aliphatic carbocycles. The molecule has 1 aromatic carbocycles. The van der Waals surface area contributed by atoms with E-state index in [4.69, 9.17) is 17.3 Å². The van der Waals surface area contributed by atoms with E-state index in [9.17, 15) is 4.79 Å². The van der Waals surface area contributed by atoms with Crippen LogP contribution in [0.3, 0.4) is 0 Å². The molecule has 5 heteroatoms. The van der Waals surface area contributed by atoms with Gasteiger partial charge in [0.05, 0.1) is 17.3 Å². The number of nitrogens with zero attached hydrogens (tertiary/aromatic N) is 1. The summed E-state index contributed by atoms with van der Waals surface area (Å²) in [5, 5.41) is 3.99. The van der Waals surface area contributed by atoms with Crippen LogP contribution in [0.4, 0.5) is 5.69 Å². The Balaban J connectivity index is 2.92. The topological polar surface area (TPSA) is 58.4 Å². The molecule has 4 nitrogen and oxygen atoms in total. The van der Waals surface area contributed by atoms with E-state index in [1.807, 2.05) is 36.9 Å². The van der Waals surface area contributed by atoms with Gasteiger partial charge in [-0.15, -0.1) is 0 Å². The van der Waals surface area contributed by atoms with Crippen LogP contribution in [0.25, 0.3) is 0 Å². The Morgan fingerprint density at radius 3 is 2.45 bits per heavy atom. The van der Waals surface area contributed by atoms with Crippen molar-refractivity contribution in [1.82, 2.24) is 5.32 Å². The summed E-state index contributed by atoms with van der Waals surface area (Å²) >= 11 is 6.35. The lowest BCUT2D eigenvalue weighted by Gasteiger charge is -2.28. The van der Waals surface area contributed by atoms with Gasteiger partial charge in [0.1, 0.15) is 0 Å². The van der Waals surface area contributed by atoms with Crippen molar-refractivity contribution in [2.45, 2.75) is 46.3 Å². The Morgan fingerprint density at radius 1 is 1.35 bits per heavy atom. The van der Waals surface area contributed by atoms with Gasteiger partial charge >= 0.3 is 0 Å². The van der Waals surface area contributed by atoms with Gasteiger partial charge in [0.25, 0.3) is 0 Å². The summed E-state index contributed by atoms with van der Waals surface area (Å²) in [5.41, 5.74) is 7.26. The zero-order valence-electron chi connectivity index (χ0n) is 12.6. The zero-order chi connectivity index (χ0) is 15.3. The lowest BCUT2D eigenvalue weighted by atomic mass is 10.1. The molecule has 0 heterocycles. The average Bonchev–Trinajstić information content (AvgIpc) is 2.33. The monoisotopic (exact) mass is 297 g/mol. The maximum atomic E-state index is 11.2. The molecule has 20 heavy (non-hydrogen) atoms. The molecule has 0 saturated heterocycles. The van der Waals surface area contributed by atoms with E-state index in [1.54, 1.807) is 0 Å². The third-order valence-corrected chi connectivity index (χ3v) is 3.29. The van der Waals surface area contributed by atoms with Crippen LogP contribution in [-0.2, 0) is 11.3 Å². The second-order valence-corrected chi connectivity index (χ2v) is 5.92. The van der Waals surface area contributed by atoms with Crippen molar-refractivity contribution >= 4 is 23.2 Å². The molecule has 0 atom stereocenters. The van der Waals surface area contributed by atoms with Crippen LogP contribution in [0.15, 0.2) is 18.2 Å². The second kappa shape index (κ2) is 7.50. The number of primary amides is 1. The molecular formula is C15H24ClN3O. The highest BCUT2D eigenvalue weighted by Gasteiger charge is 2.16. The van der Waals surface area contributed by atoms with Crippen LogP contribution in [-0.4, -0.2) is 24.5 Å². The molecular weight excluding hydrogens is 274 g/mol. The molecule has 0 unspecified atom stereocenters. The van der Waals surface area contributed by atoms with Gasteiger partial charge in [0.2, 0.25) is 5.91 Å². The highest BCUT2D eigenvalue weighted by Crippen LogP contribution is 2.28. The van der Waals surface area contributed by atoms with Crippen LogP contribution in [0.5, 0.6) is 0 Å². The van der Waals surface area contributed by atoms with Crippen molar-refractivity contribution < 1.29 is 4.79 Å². The quantitative estimate of drug-likeness (QED) is 0.813. The number of nitrogens with two attached hydrogens (primary N) is 1. The highest BCUT2D eigenvalue weighted by atomic mass is 35.5. The number of anilines is 1. The van der Waals surface area contributed by atoms with Gasteiger partial charge < -0.3 is 16.0 Å². The molecule has 3 N–H and O–H groups in total. The third kappa shape index (κ3) is 5.02. The van der Waals surface area contributed by atoms with E-state index in [-0.39, 0.29) is 18.5 Å². The lowest BCUT2D eigenvalue weighted by Crippen LogP contribution is -2.38. The molecule has 1 amide bonds. The van der Waals surface area contributed by atoms with E-state index < -0.39 is 0 Å². The van der Waals surface area contributed by atoms with E-state index in [1.165, 1.54) is 0 Å². The first kappa shape index (κ1) is 16.8. The van der Waals surface area contributed by atoms with Crippen LogP contribution >= 0.6 is 11.6 Å². The smallest absolute Gasteiger partial charge is 0.236 e. The Hall–Kier alpha value is -1.26. The Labute approximate surface area is 126 Å². The summed E-state index contributed by atoms with van der Waals surface area (Å²) in [6.07, 6.45) is 0. The summed E-state index contributed by atoms with van der Waals surface area (Å²) in [6.45, 7) is 9.16. The number of hydrogen-bond donors (Lipinski definition) is 2. The summed E-state index contributed by atoms with van der Waals surface area (Å²) in [6, 6.07) is 6.48. The predicted molar refractivity (Wildman–Crippen MR) is 85.1 cm³/mol. The molecule has 0 aromatic heterocycles. The van der Waals surface area contributed by atoms with E-state index >= 15 is 0 Å². The van der Waals surface area contributed by atoms with Gasteiger partial charge in [-0.1, -0.05) is 31.5 Å². The molecule has 0 fully saturated rings. The molecule has 1 rings (SSSR count). The number of hydrogen-bond acceptors (Lipinski definition) is 3. The van der Waals surface area contributed by atoms with Gasteiger partial charge in [-0.2, -0.15) is 0 Å². The Morgan fingerprint density at radius 2 is 2.00 bits per heavy atom. The normalized spacial score (nSPS) is 11.2. The number of carbonyl (C=O) groups is 1. The number of amides is 1. The highest BCUT2D eigenvalue weighted by molar-refractivity contribution is 6.33. The molecule has 1 aromatic rings. The number of carbonyl (C=O) groups excluding carboxylic acids is 1. The number of benzene rings is 1. The summed E-state index contributed by atoms with van der Waals surface area (Å²) in [7, 11) is 0. The minimum atomic E-state index is -0.361.